The van der Waals surface area contributed by atoms with Crippen molar-refractivity contribution in [1.82, 2.24) is 14.8 Å². The van der Waals surface area contributed by atoms with Crippen molar-refractivity contribution in [1.29, 1.82) is 0 Å². The fourth-order valence-corrected chi connectivity index (χ4v) is 5.52. The first-order valence-corrected chi connectivity index (χ1v) is 13.6. The Balaban J connectivity index is 1.49. The summed E-state index contributed by atoms with van der Waals surface area (Å²) in [5, 5.41) is 14.6. The second kappa shape index (κ2) is 11.2. The molecule has 2 amide bonds. The number of nitrogens with zero attached hydrogens (tertiary/aromatic N) is 3. The lowest BCUT2D eigenvalue weighted by Crippen LogP contribution is -2.31. The highest BCUT2D eigenvalue weighted by Crippen LogP contribution is 2.37. The number of aryl methyl sites for hydroxylation is 2. The molecule has 0 bridgehead atoms. The lowest BCUT2D eigenvalue weighted by atomic mass is 9.94. The van der Waals surface area contributed by atoms with Crippen LogP contribution in [-0.4, -0.2) is 26.6 Å². The van der Waals surface area contributed by atoms with E-state index >= 15 is 0 Å². The van der Waals surface area contributed by atoms with Crippen molar-refractivity contribution < 1.29 is 9.59 Å². The van der Waals surface area contributed by atoms with Crippen LogP contribution in [0, 0.1) is 13.8 Å². The molecule has 0 saturated carbocycles. The zero-order valence-corrected chi connectivity index (χ0v) is 23.1. The molecule has 4 aromatic rings. The van der Waals surface area contributed by atoms with E-state index in [-0.39, 0.29) is 11.8 Å². The maximum atomic E-state index is 13.6. The molecule has 1 aliphatic heterocycles. The van der Waals surface area contributed by atoms with Gasteiger partial charge in [-0.3, -0.25) is 9.59 Å². The van der Waals surface area contributed by atoms with Gasteiger partial charge in [-0.05, 0) is 61.7 Å². The molecule has 0 radical (unpaired) electrons. The quantitative estimate of drug-likeness (QED) is 0.247. The first kappa shape index (κ1) is 26.2. The molecular weight excluding hydrogens is 508 g/mol. The summed E-state index contributed by atoms with van der Waals surface area (Å²) in [4.78, 5) is 29.9. The van der Waals surface area contributed by atoms with Crippen LogP contribution >= 0.6 is 11.8 Å². The third-order valence-electron chi connectivity index (χ3n) is 6.51. The van der Waals surface area contributed by atoms with Crippen molar-refractivity contribution in [2.75, 3.05) is 16.0 Å². The Morgan fingerprint density at radius 2 is 1.67 bits per heavy atom. The van der Waals surface area contributed by atoms with Crippen LogP contribution in [0.25, 0.3) is 0 Å². The molecule has 9 heteroatoms. The summed E-state index contributed by atoms with van der Waals surface area (Å²) >= 11 is 1.56. The van der Waals surface area contributed by atoms with Crippen molar-refractivity contribution in [3.05, 3.63) is 106 Å². The van der Waals surface area contributed by atoms with Crippen molar-refractivity contribution in [3.8, 4) is 0 Å². The van der Waals surface area contributed by atoms with Crippen LogP contribution in [0.2, 0.25) is 0 Å². The van der Waals surface area contributed by atoms with Gasteiger partial charge in [0.1, 0.15) is 6.04 Å². The average Bonchev–Trinajstić information content (AvgIpc) is 3.30. The summed E-state index contributed by atoms with van der Waals surface area (Å²) in [6.45, 7) is 7.54. The minimum Gasteiger partial charge on any atom is -0.328 e. The zero-order valence-electron chi connectivity index (χ0n) is 22.3. The van der Waals surface area contributed by atoms with Crippen molar-refractivity contribution in [3.63, 3.8) is 0 Å². The Kier molecular flexibility index (Phi) is 7.51. The van der Waals surface area contributed by atoms with Crippen LogP contribution < -0.4 is 16.0 Å². The molecule has 0 aliphatic carbocycles. The second-order valence-corrected chi connectivity index (χ2v) is 10.5. The molecule has 0 saturated heterocycles. The predicted molar refractivity (Wildman–Crippen MR) is 156 cm³/mol. The Labute approximate surface area is 231 Å². The number of anilines is 3. The first-order chi connectivity index (χ1) is 18.8. The molecular formula is C30H30N6O2S. The normalized spacial score (nSPS) is 14.4. The largest absolute Gasteiger partial charge is 0.328 e. The maximum absolute atomic E-state index is 13.6. The summed E-state index contributed by atoms with van der Waals surface area (Å²) in [5.41, 5.74) is 7.17. The number of para-hydroxylation sites is 1. The molecule has 1 atom stereocenters. The monoisotopic (exact) mass is 538 g/mol. The summed E-state index contributed by atoms with van der Waals surface area (Å²) < 4.78 is 1.77. The molecule has 8 nitrogen and oxygen atoms in total. The third kappa shape index (κ3) is 5.88. The van der Waals surface area contributed by atoms with E-state index in [1.54, 1.807) is 16.4 Å². The van der Waals surface area contributed by atoms with E-state index in [9.17, 15) is 9.59 Å². The molecule has 0 unspecified atom stereocenters. The Hall–Kier alpha value is -4.37. The summed E-state index contributed by atoms with van der Waals surface area (Å²) in [6, 6.07) is 22.7. The van der Waals surface area contributed by atoms with Gasteiger partial charge >= 0.3 is 0 Å². The van der Waals surface area contributed by atoms with E-state index in [1.807, 2.05) is 61.5 Å². The van der Waals surface area contributed by atoms with E-state index in [0.29, 0.717) is 33.7 Å². The summed E-state index contributed by atoms with van der Waals surface area (Å²) in [6.07, 6.45) is 0. The number of hydrogen-bond acceptors (Lipinski definition) is 6. The van der Waals surface area contributed by atoms with Crippen LogP contribution in [0.1, 0.15) is 42.1 Å². The van der Waals surface area contributed by atoms with Crippen LogP contribution in [0.3, 0.4) is 0 Å². The number of allylic oxidation sites excluding steroid dienone is 1. The maximum Gasteiger partial charge on any atom is 0.255 e. The van der Waals surface area contributed by atoms with Crippen LogP contribution in [0.15, 0.2) is 89.2 Å². The van der Waals surface area contributed by atoms with Crippen molar-refractivity contribution >= 4 is 40.9 Å². The second-order valence-electron chi connectivity index (χ2n) is 9.57. The number of amides is 2. The average molecular weight is 539 g/mol. The molecule has 1 aliphatic rings. The molecule has 39 heavy (non-hydrogen) atoms. The molecule has 198 valence electrons. The van der Waals surface area contributed by atoms with E-state index < -0.39 is 6.04 Å². The van der Waals surface area contributed by atoms with Gasteiger partial charge < -0.3 is 16.0 Å². The molecule has 3 aromatic carbocycles. The minimum atomic E-state index is -0.515. The van der Waals surface area contributed by atoms with Crippen LogP contribution in [-0.2, 0) is 15.3 Å². The SMILES string of the molecule is CC(=O)Nc1ccc([C@@H]2C(C(=O)Nc3ccccc3)=C(C)Nc3nc(SCc4ccc(C)cc4C)nn32)cc1. The van der Waals surface area contributed by atoms with Crippen molar-refractivity contribution in [2.45, 2.75) is 44.6 Å². The van der Waals surface area contributed by atoms with Gasteiger partial charge in [-0.25, -0.2) is 4.68 Å². The van der Waals surface area contributed by atoms with Crippen LogP contribution in [0.5, 0.6) is 0 Å². The van der Waals surface area contributed by atoms with E-state index in [1.165, 1.54) is 23.6 Å². The predicted octanol–water partition coefficient (Wildman–Crippen LogP) is 6.07. The highest BCUT2D eigenvalue weighted by atomic mass is 32.2. The number of benzene rings is 3. The van der Waals surface area contributed by atoms with E-state index in [4.69, 9.17) is 10.1 Å². The van der Waals surface area contributed by atoms with Gasteiger partial charge in [0, 0.05) is 29.7 Å². The first-order valence-electron chi connectivity index (χ1n) is 12.7. The Morgan fingerprint density at radius 3 is 2.36 bits per heavy atom. The lowest BCUT2D eigenvalue weighted by molar-refractivity contribution is -0.114. The Bertz CT molecular complexity index is 1560. The number of carbonyl (C=O) groups is 2. The van der Waals surface area contributed by atoms with Gasteiger partial charge in [0.05, 0.1) is 5.57 Å². The highest BCUT2D eigenvalue weighted by molar-refractivity contribution is 7.98. The molecule has 0 spiro atoms. The Morgan fingerprint density at radius 1 is 0.949 bits per heavy atom. The molecule has 3 N–H and O–H groups in total. The fraction of sp³-hybridized carbons (Fsp3) is 0.200. The fourth-order valence-electron chi connectivity index (χ4n) is 4.62. The number of fused-ring (bicyclic) bond motifs is 1. The number of nitrogens with one attached hydrogen (secondary N) is 3. The van der Waals surface area contributed by atoms with Gasteiger partial charge in [0.2, 0.25) is 17.0 Å². The summed E-state index contributed by atoms with van der Waals surface area (Å²) in [5.74, 6) is 0.933. The number of rotatable bonds is 7. The number of carbonyl (C=O) groups excluding carboxylic acids is 2. The highest BCUT2D eigenvalue weighted by Gasteiger charge is 2.34. The summed E-state index contributed by atoms with van der Waals surface area (Å²) in [7, 11) is 0. The van der Waals surface area contributed by atoms with Gasteiger partial charge in [0.25, 0.3) is 5.91 Å². The lowest BCUT2D eigenvalue weighted by Gasteiger charge is -2.28. The van der Waals surface area contributed by atoms with Crippen LogP contribution in [0.4, 0.5) is 17.3 Å². The zero-order chi connectivity index (χ0) is 27.5. The third-order valence-corrected chi connectivity index (χ3v) is 7.40. The molecule has 2 heterocycles. The smallest absolute Gasteiger partial charge is 0.255 e. The van der Waals surface area contributed by atoms with Crippen molar-refractivity contribution in [2.24, 2.45) is 0 Å². The topological polar surface area (TPSA) is 101 Å². The standard InChI is InChI=1S/C30H30N6O2S/c1-18-10-11-23(19(2)16-18)17-39-30-34-29-31-20(3)26(28(38)33-24-8-6-5-7-9-24)27(36(29)35-30)22-12-14-25(15-13-22)32-21(4)37/h5-16,27H,17H2,1-4H3,(H,32,37)(H,33,38)(H,31,34,35)/t27-/m1/s1. The number of thioether (sulfide) groups is 1. The number of hydrogen-bond donors (Lipinski definition) is 3. The molecule has 1 aromatic heterocycles. The van der Waals surface area contributed by atoms with E-state index in [0.717, 1.165) is 11.3 Å². The molecule has 5 rings (SSSR count). The van der Waals surface area contributed by atoms with E-state index in [2.05, 4.69) is 48.0 Å². The minimum absolute atomic E-state index is 0.146. The number of aromatic nitrogens is 3. The van der Waals surface area contributed by atoms with Gasteiger partial charge in [-0.2, -0.15) is 4.98 Å². The van der Waals surface area contributed by atoms with Gasteiger partial charge in [-0.15, -0.1) is 5.10 Å². The molecule has 0 fully saturated rings. The van der Waals surface area contributed by atoms with Gasteiger partial charge in [0.15, 0.2) is 0 Å². The van der Waals surface area contributed by atoms with Gasteiger partial charge in [-0.1, -0.05) is 65.9 Å².